The Hall–Kier alpha value is -1.46. The Morgan fingerprint density at radius 2 is 1.87 bits per heavy atom. The molecule has 0 aliphatic carbocycles. The summed E-state index contributed by atoms with van der Waals surface area (Å²) in [4.78, 5) is 10.0. The lowest BCUT2D eigenvalue weighted by Gasteiger charge is -2.08. The molecule has 0 amide bonds. The van der Waals surface area contributed by atoms with Gasteiger partial charge in [-0.1, -0.05) is 12.1 Å². The van der Waals surface area contributed by atoms with Crippen molar-refractivity contribution in [3.8, 4) is 0 Å². The van der Waals surface area contributed by atoms with Crippen molar-refractivity contribution in [1.29, 1.82) is 0 Å². The van der Waals surface area contributed by atoms with Crippen molar-refractivity contribution in [3.05, 3.63) is 39.9 Å². The van der Waals surface area contributed by atoms with Gasteiger partial charge in [0.15, 0.2) is 6.29 Å². The maximum absolute atomic E-state index is 10.4. The third-order valence-electron chi connectivity index (χ3n) is 2.24. The Morgan fingerprint density at radius 1 is 1.27 bits per heavy atom. The van der Waals surface area contributed by atoms with E-state index >= 15 is 0 Å². The lowest BCUT2D eigenvalue weighted by Crippen LogP contribution is -2.11. The van der Waals surface area contributed by atoms with Gasteiger partial charge in [0.2, 0.25) is 0 Å². The van der Waals surface area contributed by atoms with Crippen LogP contribution in [0.1, 0.15) is 5.56 Å². The van der Waals surface area contributed by atoms with Gasteiger partial charge in [0, 0.05) is 18.6 Å². The molecule has 1 fully saturated rings. The largest absolute Gasteiger partial charge is 0.350 e. The summed E-state index contributed by atoms with van der Waals surface area (Å²) in [6, 6.07) is 6.43. The van der Waals surface area contributed by atoms with Crippen molar-refractivity contribution < 1.29 is 14.4 Å². The van der Waals surface area contributed by atoms with Crippen molar-refractivity contribution >= 4 is 5.69 Å². The van der Waals surface area contributed by atoms with Gasteiger partial charge >= 0.3 is 0 Å². The smallest absolute Gasteiger partial charge is 0.269 e. The van der Waals surface area contributed by atoms with Crippen LogP contribution in [0.5, 0.6) is 0 Å². The van der Waals surface area contributed by atoms with Crippen molar-refractivity contribution in [1.82, 2.24) is 0 Å². The van der Waals surface area contributed by atoms with E-state index in [1.807, 2.05) is 0 Å². The molecule has 0 N–H and O–H groups in total. The molecule has 0 bridgehead atoms. The Kier molecular flexibility index (Phi) is 2.94. The van der Waals surface area contributed by atoms with Gasteiger partial charge in [-0.15, -0.1) is 0 Å². The third-order valence-corrected chi connectivity index (χ3v) is 2.24. The van der Waals surface area contributed by atoms with Crippen molar-refractivity contribution in [3.63, 3.8) is 0 Å². The Labute approximate surface area is 86.8 Å². The zero-order chi connectivity index (χ0) is 10.7. The number of ether oxygens (including phenoxy) is 2. The predicted octanol–water partition coefficient (Wildman–Crippen LogP) is 1.51. The molecule has 1 heterocycles. The summed E-state index contributed by atoms with van der Waals surface area (Å²) in [5.41, 5.74) is 1.08. The quantitative estimate of drug-likeness (QED) is 0.559. The molecule has 5 nitrogen and oxygen atoms in total. The fourth-order valence-electron chi connectivity index (χ4n) is 1.47. The molecule has 0 aromatic heterocycles. The Morgan fingerprint density at radius 3 is 2.40 bits per heavy atom. The lowest BCUT2D eigenvalue weighted by molar-refractivity contribution is -0.384. The van der Waals surface area contributed by atoms with E-state index in [0.717, 1.165) is 5.56 Å². The summed E-state index contributed by atoms with van der Waals surface area (Å²) in [6.45, 7) is 1.25. The molecule has 15 heavy (non-hydrogen) atoms. The van der Waals surface area contributed by atoms with Gasteiger partial charge in [0.25, 0.3) is 5.69 Å². The molecule has 0 spiro atoms. The summed E-state index contributed by atoms with van der Waals surface area (Å²) in [5, 5.41) is 10.4. The van der Waals surface area contributed by atoms with Crippen LogP contribution in [0.4, 0.5) is 5.69 Å². The first kappa shape index (κ1) is 10.1. The van der Waals surface area contributed by atoms with Gasteiger partial charge in [-0.25, -0.2) is 0 Å². The first-order valence-electron chi connectivity index (χ1n) is 4.72. The van der Waals surface area contributed by atoms with Gasteiger partial charge < -0.3 is 9.47 Å². The third kappa shape index (κ3) is 2.51. The van der Waals surface area contributed by atoms with Crippen LogP contribution < -0.4 is 0 Å². The molecule has 1 aromatic rings. The van der Waals surface area contributed by atoms with E-state index in [2.05, 4.69) is 0 Å². The van der Waals surface area contributed by atoms with Crippen LogP contribution in [-0.2, 0) is 15.9 Å². The second-order valence-corrected chi connectivity index (χ2v) is 3.30. The first-order chi connectivity index (χ1) is 7.25. The fraction of sp³-hybridized carbons (Fsp3) is 0.400. The van der Waals surface area contributed by atoms with E-state index < -0.39 is 4.92 Å². The Bertz CT molecular complexity index is 343. The molecule has 80 valence electrons. The number of nitro groups is 1. The minimum Gasteiger partial charge on any atom is -0.350 e. The standard InChI is InChI=1S/C10H11NO4/c12-11(13)9-3-1-8(2-4-9)7-10-14-5-6-15-10/h1-4,10H,5-7H2. The molecular formula is C10H11NO4. The molecule has 1 aliphatic heterocycles. The van der Waals surface area contributed by atoms with Crippen LogP contribution in [0.15, 0.2) is 24.3 Å². The van der Waals surface area contributed by atoms with Crippen LogP contribution in [0.3, 0.4) is 0 Å². The van der Waals surface area contributed by atoms with Crippen LogP contribution in [0.2, 0.25) is 0 Å². The molecule has 2 rings (SSSR count). The second-order valence-electron chi connectivity index (χ2n) is 3.30. The van der Waals surface area contributed by atoms with Gasteiger partial charge in [0.05, 0.1) is 18.1 Å². The van der Waals surface area contributed by atoms with E-state index in [0.29, 0.717) is 19.6 Å². The number of nitro benzene ring substituents is 1. The molecule has 1 saturated heterocycles. The molecule has 0 unspecified atom stereocenters. The molecule has 0 atom stereocenters. The normalized spacial score (nSPS) is 16.8. The number of nitrogens with zero attached hydrogens (tertiary/aromatic N) is 1. The zero-order valence-electron chi connectivity index (χ0n) is 8.09. The summed E-state index contributed by atoms with van der Waals surface area (Å²) in [5.74, 6) is 0. The van der Waals surface area contributed by atoms with E-state index in [1.54, 1.807) is 12.1 Å². The molecule has 0 radical (unpaired) electrons. The Balaban J connectivity index is 2.00. The number of hydrogen-bond acceptors (Lipinski definition) is 4. The highest BCUT2D eigenvalue weighted by atomic mass is 16.7. The highest BCUT2D eigenvalue weighted by molar-refractivity contribution is 5.33. The van der Waals surface area contributed by atoms with Crippen molar-refractivity contribution in [2.24, 2.45) is 0 Å². The molecule has 1 aliphatic rings. The van der Waals surface area contributed by atoms with Gasteiger partial charge in [-0.3, -0.25) is 10.1 Å². The first-order valence-corrected chi connectivity index (χ1v) is 4.72. The summed E-state index contributed by atoms with van der Waals surface area (Å²) in [7, 11) is 0. The number of non-ortho nitro benzene ring substituents is 1. The number of hydrogen-bond donors (Lipinski definition) is 0. The minimum atomic E-state index is -0.410. The zero-order valence-corrected chi connectivity index (χ0v) is 8.09. The van der Waals surface area contributed by atoms with E-state index in [9.17, 15) is 10.1 Å². The van der Waals surface area contributed by atoms with E-state index in [1.165, 1.54) is 12.1 Å². The molecule has 0 saturated carbocycles. The molecule has 5 heteroatoms. The average Bonchev–Trinajstić information content (AvgIpc) is 2.71. The summed E-state index contributed by atoms with van der Waals surface area (Å²) >= 11 is 0. The minimum absolute atomic E-state index is 0.104. The maximum Gasteiger partial charge on any atom is 0.269 e. The number of benzene rings is 1. The highest BCUT2D eigenvalue weighted by Crippen LogP contribution is 2.15. The lowest BCUT2D eigenvalue weighted by atomic mass is 10.1. The SMILES string of the molecule is O=[N+]([O-])c1ccc(CC2OCCO2)cc1. The van der Waals surface area contributed by atoms with E-state index in [4.69, 9.17) is 9.47 Å². The van der Waals surface area contributed by atoms with Crippen LogP contribution >= 0.6 is 0 Å². The van der Waals surface area contributed by atoms with Crippen molar-refractivity contribution in [2.75, 3.05) is 13.2 Å². The van der Waals surface area contributed by atoms with Crippen LogP contribution in [0, 0.1) is 10.1 Å². The monoisotopic (exact) mass is 209 g/mol. The van der Waals surface area contributed by atoms with Gasteiger partial charge in [-0.2, -0.15) is 0 Å². The van der Waals surface area contributed by atoms with Crippen LogP contribution in [-0.4, -0.2) is 24.4 Å². The topological polar surface area (TPSA) is 61.6 Å². The summed E-state index contributed by atoms with van der Waals surface area (Å²) < 4.78 is 10.6. The predicted molar refractivity (Wildman–Crippen MR) is 52.5 cm³/mol. The fourth-order valence-corrected chi connectivity index (χ4v) is 1.47. The number of rotatable bonds is 3. The maximum atomic E-state index is 10.4. The van der Waals surface area contributed by atoms with Gasteiger partial charge in [-0.05, 0) is 5.56 Å². The summed E-state index contributed by atoms with van der Waals surface area (Å²) in [6.07, 6.45) is 0.435. The molecule has 1 aromatic carbocycles. The van der Waals surface area contributed by atoms with Crippen molar-refractivity contribution in [2.45, 2.75) is 12.7 Å². The van der Waals surface area contributed by atoms with Gasteiger partial charge in [0.1, 0.15) is 0 Å². The van der Waals surface area contributed by atoms with Crippen LogP contribution in [0.25, 0.3) is 0 Å². The second kappa shape index (κ2) is 4.37. The average molecular weight is 209 g/mol. The van der Waals surface area contributed by atoms with E-state index in [-0.39, 0.29) is 12.0 Å². The highest BCUT2D eigenvalue weighted by Gasteiger charge is 2.16. The molecular weight excluding hydrogens is 198 g/mol.